The van der Waals surface area contributed by atoms with Gasteiger partial charge in [-0.1, -0.05) is 58.2 Å². The molecule has 2 aliphatic carbocycles. The summed E-state index contributed by atoms with van der Waals surface area (Å²) in [7, 11) is 0. The number of esters is 2. The minimum Gasteiger partial charge on any atom is -0.489 e. The van der Waals surface area contributed by atoms with Crippen molar-refractivity contribution in [3.8, 4) is 11.5 Å². The van der Waals surface area contributed by atoms with E-state index in [1.54, 1.807) is 13.8 Å². The van der Waals surface area contributed by atoms with Crippen molar-refractivity contribution in [3.05, 3.63) is 59.7 Å². The van der Waals surface area contributed by atoms with Gasteiger partial charge in [-0.3, -0.25) is 0 Å². The van der Waals surface area contributed by atoms with Crippen molar-refractivity contribution < 1.29 is 28.5 Å². The first-order valence-electron chi connectivity index (χ1n) is 13.7. The molecule has 2 aromatic carbocycles. The maximum absolute atomic E-state index is 12.1. The van der Waals surface area contributed by atoms with Crippen LogP contribution >= 0.6 is 0 Å². The molecule has 1 saturated carbocycles. The Hall–Kier alpha value is -3.28. The van der Waals surface area contributed by atoms with Crippen molar-refractivity contribution >= 4 is 22.7 Å². The molecule has 2 aromatic rings. The third-order valence-corrected chi connectivity index (χ3v) is 7.89. The summed E-state index contributed by atoms with van der Waals surface area (Å²) in [6, 6.07) is 8.13. The zero-order chi connectivity index (χ0) is 27.6. The number of ether oxygens (including phenoxy) is 4. The third kappa shape index (κ3) is 5.31. The van der Waals surface area contributed by atoms with Gasteiger partial charge in [0.2, 0.25) is 0 Å². The van der Waals surface area contributed by atoms with Crippen LogP contribution < -0.4 is 9.47 Å². The molecule has 4 rings (SSSR count). The second-order valence-electron chi connectivity index (χ2n) is 11.0. The molecule has 204 valence electrons. The minimum absolute atomic E-state index is 0.00978. The van der Waals surface area contributed by atoms with Crippen molar-refractivity contribution in [1.82, 2.24) is 0 Å². The van der Waals surface area contributed by atoms with E-state index >= 15 is 0 Å². The molecule has 1 fully saturated rings. The highest BCUT2D eigenvalue weighted by atomic mass is 16.6. The fourth-order valence-corrected chi connectivity index (χ4v) is 5.73. The van der Waals surface area contributed by atoms with E-state index in [9.17, 15) is 9.59 Å². The number of hydrogen-bond acceptors (Lipinski definition) is 6. The van der Waals surface area contributed by atoms with Gasteiger partial charge in [-0.25, -0.2) is 9.59 Å². The topological polar surface area (TPSA) is 71.1 Å². The summed E-state index contributed by atoms with van der Waals surface area (Å²) in [4.78, 5) is 24.3. The monoisotopic (exact) mass is 520 g/mol. The van der Waals surface area contributed by atoms with Crippen molar-refractivity contribution in [2.24, 2.45) is 0 Å². The molecule has 0 N–H and O–H groups in total. The Morgan fingerprint density at radius 1 is 0.921 bits per heavy atom. The van der Waals surface area contributed by atoms with Gasteiger partial charge >= 0.3 is 11.9 Å². The summed E-state index contributed by atoms with van der Waals surface area (Å²) in [6.45, 7) is 17.5. The van der Waals surface area contributed by atoms with Gasteiger partial charge in [0.25, 0.3) is 0 Å². The number of rotatable bonds is 12. The molecule has 4 unspecified atom stereocenters. The highest BCUT2D eigenvalue weighted by molar-refractivity contribution is 5.97. The summed E-state index contributed by atoms with van der Waals surface area (Å²) in [5.41, 5.74) is 3.15. The van der Waals surface area contributed by atoms with Gasteiger partial charge in [-0.15, -0.1) is 0 Å². The van der Waals surface area contributed by atoms with Crippen molar-refractivity contribution in [1.29, 1.82) is 0 Å². The first-order chi connectivity index (χ1) is 18.1. The second-order valence-corrected chi connectivity index (χ2v) is 11.0. The average Bonchev–Trinajstić information content (AvgIpc) is 3.43. The molecular formula is C32H40O6. The molecule has 0 heterocycles. The maximum atomic E-state index is 12.1. The Morgan fingerprint density at radius 3 is 1.92 bits per heavy atom. The normalized spacial score (nSPS) is 20.9. The van der Waals surface area contributed by atoms with Crippen LogP contribution in [0.15, 0.2) is 48.6 Å². The number of hydrogen-bond donors (Lipinski definition) is 0. The fraction of sp³-hybridized carbons (Fsp3) is 0.500. The summed E-state index contributed by atoms with van der Waals surface area (Å²) in [5, 5.41) is 1.95. The molecule has 38 heavy (non-hydrogen) atoms. The van der Waals surface area contributed by atoms with E-state index in [1.807, 2.05) is 26.0 Å². The Morgan fingerprint density at radius 2 is 1.42 bits per heavy atom. The molecule has 0 aliphatic heterocycles. The van der Waals surface area contributed by atoms with Crippen LogP contribution in [0, 0.1) is 0 Å². The molecule has 0 saturated heterocycles. The Kier molecular flexibility index (Phi) is 8.19. The van der Waals surface area contributed by atoms with Gasteiger partial charge < -0.3 is 18.9 Å². The third-order valence-electron chi connectivity index (χ3n) is 7.89. The quantitative estimate of drug-likeness (QED) is 0.223. The first kappa shape index (κ1) is 27.7. The van der Waals surface area contributed by atoms with Gasteiger partial charge in [0.05, 0.1) is 0 Å². The number of fused-ring (bicyclic) bond motifs is 6. The minimum atomic E-state index is -0.400. The lowest BCUT2D eigenvalue weighted by molar-refractivity contribution is -0.146. The Bertz CT molecular complexity index is 1260. The lowest BCUT2D eigenvalue weighted by atomic mass is 9.78. The van der Waals surface area contributed by atoms with Crippen molar-refractivity contribution in [3.63, 3.8) is 0 Å². The summed E-state index contributed by atoms with van der Waals surface area (Å²) in [5.74, 6) is 1.31. The van der Waals surface area contributed by atoms with E-state index in [-0.39, 0.29) is 30.8 Å². The summed E-state index contributed by atoms with van der Waals surface area (Å²) in [6.07, 6.45) is 3.79. The predicted molar refractivity (Wildman–Crippen MR) is 149 cm³/mol. The highest BCUT2D eigenvalue weighted by Gasteiger charge is 2.50. The van der Waals surface area contributed by atoms with Crippen molar-refractivity contribution in [2.75, 3.05) is 13.2 Å². The summed E-state index contributed by atoms with van der Waals surface area (Å²) < 4.78 is 24.3. The van der Waals surface area contributed by atoms with Crippen LogP contribution in [-0.2, 0) is 24.5 Å². The number of carbonyl (C=O) groups excluding carboxylic acids is 2. The van der Waals surface area contributed by atoms with Crippen LogP contribution in [0.4, 0.5) is 0 Å². The smallest absolute Gasteiger partial charge is 0.333 e. The first-order valence-corrected chi connectivity index (χ1v) is 13.7. The molecule has 0 spiro atoms. The van der Waals surface area contributed by atoms with Gasteiger partial charge in [-0.05, 0) is 57.3 Å². The molecular weight excluding hydrogens is 480 g/mol. The standard InChI is InChI=1S/C32H40O6/c1-8-22(37-30(33)19(3)4)17-35-28-24-12-10-11-13-25(24)29(27-26(28)21-14-15-32(27,7)16-21)36-18-23(9-2)38-31(34)20(5)6/h10-13,21-23H,3,5,8-9,14-18H2,1-2,4,6-7H3. The molecule has 0 radical (unpaired) electrons. The molecule has 4 atom stereocenters. The maximum Gasteiger partial charge on any atom is 0.333 e. The van der Waals surface area contributed by atoms with Crippen LogP contribution in [0.5, 0.6) is 11.5 Å². The van der Waals surface area contributed by atoms with Gasteiger partial charge in [0.15, 0.2) is 0 Å². The van der Waals surface area contributed by atoms with Gasteiger partial charge in [0, 0.05) is 33.0 Å². The lowest BCUT2D eigenvalue weighted by Gasteiger charge is -2.31. The van der Waals surface area contributed by atoms with Gasteiger partial charge in [0.1, 0.15) is 36.9 Å². The van der Waals surface area contributed by atoms with E-state index in [1.165, 1.54) is 11.1 Å². The molecule has 6 nitrogen and oxygen atoms in total. The second kappa shape index (κ2) is 11.2. The van der Waals surface area contributed by atoms with Gasteiger partial charge in [-0.2, -0.15) is 0 Å². The SMILES string of the molecule is C=C(C)C(=O)OC(CC)COc1c2c(c(OCC(CC)OC(=O)C(=C)C)c3ccccc13)C1(C)CCC2C1. The zero-order valence-corrected chi connectivity index (χ0v) is 23.4. The molecule has 2 aliphatic rings. The fourth-order valence-electron chi connectivity index (χ4n) is 5.73. The molecule has 6 heteroatoms. The number of benzene rings is 2. The van der Waals surface area contributed by atoms with Crippen LogP contribution in [0.25, 0.3) is 10.8 Å². The largest absolute Gasteiger partial charge is 0.489 e. The van der Waals surface area contributed by atoms with E-state index in [2.05, 4.69) is 32.2 Å². The number of carbonyl (C=O) groups is 2. The molecule has 0 aromatic heterocycles. The summed E-state index contributed by atoms with van der Waals surface area (Å²) >= 11 is 0. The van der Waals surface area contributed by atoms with Crippen LogP contribution in [0.3, 0.4) is 0 Å². The average molecular weight is 521 g/mol. The van der Waals surface area contributed by atoms with Crippen LogP contribution in [-0.4, -0.2) is 37.4 Å². The van der Waals surface area contributed by atoms with E-state index in [4.69, 9.17) is 18.9 Å². The van der Waals surface area contributed by atoms with E-state index < -0.39 is 11.9 Å². The lowest BCUT2D eigenvalue weighted by Crippen LogP contribution is -2.27. The predicted octanol–water partition coefficient (Wildman–Crippen LogP) is 6.93. The Labute approximate surface area is 226 Å². The highest BCUT2D eigenvalue weighted by Crippen LogP contribution is 2.64. The molecule has 2 bridgehead atoms. The van der Waals surface area contributed by atoms with E-state index in [0.29, 0.717) is 29.9 Å². The Balaban J connectivity index is 1.71. The van der Waals surface area contributed by atoms with Crippen LogP contribution in [0.2, 0.25) is 0 Å². The zero-order valence-electron chi connectivity index (χ0n) is 23.4. The van der Waals surface area contributed by atoms with E-state index in [0.717, 1.165) is 41.5 Å². The van der Waals surface area contributed by atoms with Crippen LogP contribution in [0.1, 0.15) is 83.8 Å². The van der Waals surface area contributed by atoms with Crippen molar-refractivity contribution in [2.45, 2.75) is 90.3 Å². The molecule has 0 amide bonds.